The highest BCUT2D eigenvalue weighted by atomic mass is 32.1. The Kier molecular flexibility index (Phi) is 2.64. The number of hydrogen-bond acceptors (Lipinski definition) is 2. The lowest BCUT2D eigenvalue weighted by atomic mass is 10.1. The minimum Gasteiger partial charge on any atom is -0.480 e. The lowest BCUT2D eigenvalue weighted by Crippen LogP contribution is -2.04. The molecule has 0 aliphatic carbocycles. The van der Waals surface area contributed by atoms with Crippen LogP contribution >= 0.6 is 12.6 Å². The van der Waals surface area contributed by atoms with E-state index in [0.29, 0.717) is 5.56 Å². The van der Waals surface area contributed by atoms with Crippen molar-refractivity contribution >= 4 is 29.4 Å². The van der Waals surface area contributed by atoms with Crippen LogP contribution in [0.15, 0.2) is 42.5 Å². The van der Waals surface area contributed by atoms with E-state index in [2.05, 4.69) is 12.6 Å². The third-order valence-corrected chi connectivity index (χ3v) is 2.84. The Bertz CT molecular complexity index is 508. The summed E-state index contributed by atoms with van der Waals surface area (Å²) in [6, 6.07) is 13.4. The third kappa shape index (κ3) is 1.97. The molecule has 0 aliphatic rings. The zero-order valence-corrected chi connectivity index (χ0v) is 8.82. The van der Waals surface area contributed by atoms with Gasteiger partial charge in [-0.3, -0.25) is 4.79 Å². The lowest BCUT2D eigenvalue weighted by molar-refractivity contribution is -0.136. The van der Waals surface area contributed by atoms with Gasteiger partial charge in [-0.2, -0.15) is 12.6 Å². The van der Waals surface area contributed by atoms with Crippen molar-refractivity contribution in [2.45, 2.75) is 5.25 Å². The molecule has 0 spiro atoms. The van der Waals surface area contributed by atoms with Crippen LogP contribution in [0.4, 0.5) is 0 Å². The van der Waals surface area contributed by atoms with Gasteiger partial charge in [0.2, 0.25) is 0 Å². The van der Waals surface area contributed by atoms with E-state index in [4.69, 9.17) is 5.11 Å². The van der Waals surface area contributed by atoms with Gasteiger partial charge in [0, 0.05) is 0 Å². The summed E-state index contributed by atoms with van der Waals surface area (Å²) in [4.78, 5) is 10.8. The minimum absolute atomic E-state index is 0.713. The molecular formula is C12H10O2S. The highest BCUT2D eigenvalue weighted by Gasteiger charge is 2.14. The average molecular weight is 218 g/mol. The van der Waals surface area contributed by atoms with Crippen molar-refractivity contribution in [3.05, 3.63) is 48.0 Å². The normalized spacial score (nSPS) is 12.6. The molecule has 0 aromatic heterocycles. The Balaban J connectivity index is 2.51. The maximum absolute atomic E-state index is 10.8. The minimum atomic E-state index is -0.923. The summed E-state index contributed by atoms with van der Waals surface area (Å²) < 4.78 is 0. The molecule has 1 N–H and O–H groups in total. The fraction of sp³-hybridized carbons (Fsp3) is 0.0833. The summed E-state index contributed by atoms with van der Waals surface area (Å²) in [5.74, 6) is -0.923. The molecule has 0 aliphatic heterocycles. The number of carboxylic acids is 1. The monoisotopic (exact) mass is 218 g/mol. The number of benzene rings is 2. The first kappa shape index (κ1) is 10.1. The first-order valence-corrected chi connectivity index (χ1v) is 5.10. The Morgan fingerprint density at radius 1 is 1.13 bits per heavy atom. The SMILES string of the molecule is O=C(O)[C@@H](S)c1ccc2ccccc2c1. The molecule has 1 atom stereocenters. The van der Waals surface area contributed by atoms with Gasteiger partial charge in [-0.1, -0.05) is 36.4 Å². The van der Waals surface area contributed by atoms with Crippen molar-refractivity contribution in [2.75, 3.05) is 0 Å². The van der Waals surface area contributed by atoms with E-state index in [0.717, 1.165) is 10.8 Å². The van der Waals surface area contributed by atoms with Crippen LogP contribution in [-0.2, 0) is 4.79 Å². The second kappa shape index (κ2) is 3.95. The third-order valence-electron chi connectivity index (χ3n) is 2.32. The summed E-state index contributed by atoms with van der Waals surface area (Å²) in [6.45, 7) is 0. The van der Waals surface area contributed by atoms with Crippen molar-refractivity contribution < 1.29 is 9.90 Å². The average Bonchev–Trinajstić information content (AvgIpc) is 2.27. The fourth-order valence-electron chi connectivity index (χ4n) is 1.52. The molecule has 0 fully saturated rings. The van der Waals surface area contributed by atoms with E-state index in [1.165, 1.54) is 0 Å². The van der Waals surface area contributed by atoms with Crippen molar-refractivity contribution in [3.63, 3.8) is 0 Å². The first-order chi connectivity index (χ1) is 7.18. The molecule has 0 bridgehead atoms. The molecule has 2 aromatic rings. The summed E-state index contributed by atoms with van der Waals surface area (Å²) in [6.07, 6.45) is 0. The maximum atomic E-state index is 10.8. The lowest BCUT2D eigenvalue weighted by Gasteiger charge is -2.06. The van der Waals surface area contributed by atoms with Crippen LogP contribution in [0.5, 0.6) is 0 Å². The van der Waals surface area contributed by atoms with Gasteiger partial charge in [0.25, 0.3) is 0 Å². The van der Waals surface area contributed by atoms with Gasteiger partial charge in [0.15, 0.2) is 0 Å². The topological polar surface area (TPSA) is 37.3 Å². The van der Waals surface area contributed by atoms with E-state index < -0.39 is 11.2 Å². The van der Waals surface area contributed by atoms with Crippen molar-refractivity contribution in [2.24, 2.45) is 0 Å². The van der Waals surface area contributed by atoms with E-state index in [-0.39, 0.29) is 0 Å². The predicted molar refractivity (Wildman–Crippen MR) is 63.3 cm³/mol. The molecule has 0 saturated heterocycles. The highest BCUT2D eigenvalue weighted by Crippen LogP contribution is 2.24. The number of carbonyl (C=O) groups is 1. The quantitative estimate of drug-likeness (QED) is 0.760. The second-order valence-electron chi connectivity index (χ2n) is 3.35. The smallest absolute Gasteiger partial charge is 0.320 e. The summed E-state index contributed by atoms with van der Waals surface area (Å²) in [5.41, 5.74) is 0.713. The molecule has 0 saturated carbocycles. The number of aliphatic carboxylic acids is 1. The Hall–Kier alpha value is -1.48. The Morgan fingerprint density at radius 3 is 2.47 bits per heavy atom. The molecule has 76 valence electrons. The molecule has 0 radical (unpaired) electrons. The summed E-state index contributed by atoms with van der Waals surface area (Å²) in [7, 11) is 0. The molecule has 2 rings (SSSR count). The van der Waals surface area contributed by atoms with Gasteiger partial charge < -0.3 is 5.11 Å². The number of carboxylic acid groups (broad SMARTS) is 1. The maximum Gasteiger partial charge on any atom is 0.320 e. The van der Waals surface area contributed by atoms with Crippen LogP contribution in [0, 0.1) is 0 Å². The largest absolute Gasteiger partial charge is 0.480 e. The molecule has 0 heterocycles. The zero-order valence-electron chi connectivity index (χ0n) is 7.92. The van der Waals surface area contributed by atoms with Gasteiger partial charge in [0.05, 0.1) is 0 Å². The van der Waals surface area contributed by atoms with E-state index in [1.54, 1.807) is 6.07 Å². The molecule has 3 heteroatoms. The molecule has 15 heavy (non-hydrogen) atoms. The Labute approximate surface area is 93.0 Å². The summed E-state index contributed by atoms with van der Waals surface area (Å²) in [5, 5.41) is 10.2. The summed E-state index contributed by atoms with van der Waals surface area (Å²) >= 11 is 4.04. The predicted octanol–water partition coefficient (Wildman–Crippen LogP) is 2.90. The van der Waals surface area contributed by atoms with Crippen molar-refractivity contribution in [3.8, 4) is 0 Å². The molecular weight excluding hydrogens is 208 g/mol. The van der Waals surface area contributed by atoms with Crippen LogP contribution in [0.1, 0.15) is 10.8 Å². The van der Waals surface area contributed by atoms with E-state index in [1.807, 2.05) is 36.4 Å². The highest BCUT2D eigenvalue weighted by molar-refractivity contribution is 7.81. The number of rotatable bonds is 2. The second-order valence-corrected chi connectivity index (χ2v) is 3.86. The van der Waals surface area contributed by atoms with Crippen LogP contribution < -0.4 is 0 Å². The fourth-order valence-corrected chi connectivity index (χ4v) is 1.68. The van der Waals surface area contributed by atoms with Crippen molar-refractivity contribution in [1.82, 2.24) is 0 Å². The molecule has 0 unspecified atom stereocenters. The van der Waals surface area contributed by atoms with Crippen LogP contribution in [-0.4, -0.2) is 11.1 Å². The molecule has 2 aromatic carbocycles. The van der Waals surface area contributed by atoms with Gasteiger partial charge in [-0.15, -0.1) is 0 Å². The zero-order chi connectivity index (χ0) is 10.8. The number of thiol groups is 1. The van der Waals surface area contributed by atoms with E-state index in [9.17, 15) is 4.79 Å². The van der Waals surface area contributed by atoms with Crippen LogP contribution in [0.25, 0.3) is 10.8 Å². The van der Waals surface area contributed by atoms with Crippen LogP contribution in [0.2, 0.25) is 0 Å². The van der Waals surface area contributed by atoms with Crippen molar-refractivity contribution in [1.29, 1.82) is 0 Å². The van der Waals surface area contributed by atoms with Gasteiger partial charge >= 0.3 is 5.97 Å². The van der Waals surface area contributed by atoms with Gasteiger partial charge in [0.1, 0.15) is 5.25 Å². The van der Waals surface area contributed by atoms with Gasteiger partial charge in [-0.05, 0) is 22.4 Å². The van der Waals surface area contributed by atoms with E-state index >= 15 is 0 Å². The number of fused-ring (bicyclic) bond motifs is 1. The molecule has 2 nitrogen and oxygen atoms in total. The Morgan fingerprint density at radius 2 is 1.80 bits per heavy atom. The number of hydrogen-bond donors (Lipinski definition) is 2. The van der Waals surface area contributed by atoms with Crippen LogP contribution in [0.3, 0.4) is 0 Å². The first-order valence-electron chi connectivity index (χ1n) is 4.58. The molecule has 0 amide bonds. The standard InChI is InChI=1S/C12H10O2S/c13-12(14)11(15)10-6-5-8-3-1-2-4-9(8)7-10/h1-7,11,15H,(H,13,14)/t11-/m0/s1. The van der Waals surface area contributed by atoms with Gasteiger partial charge in [-0.25, -0.2) is 0 Å².